The molecule has 1 amide bonds. The second-order valence-electron chi connectivity index (χ2n) is 4.03. The van der Waals surface area contributed by atoms with E-state index in [0.717, 1.165) is 6.42 Å². The van der Waals surface area contributed by atoms with Gasteiger partial charge in [0.05, 0.1) is 12.0 Å². The zero-order valence-electron chi connectivity index (χ0n) is 8.63. The van der Waals surface area contributed by atoms with Crippen molar-refractivity contribution in [1.82, 2.24) is 5.32 Å². The second-order valence-corrected chi connectivity index (χ2v) is 4.03. The molecule has 0 radical (unpaired) electrons. The van der Waals surface area contributed by atoms with Crippen LogP contribution in [-0.2, 0) is 10.3 Å². The molecular weight excluding hydrogens is 174 g/mol. The number of hydrogen-bond donors (Lipinski definition) is 1. The smallest absolute Gasteiger partial charge is 0.223 e. The Hall–Kier alpha value is -1.31. The summed E-state index contributed by atoms with van der Waals surface area (Å²) >= 11 is 0. The number of carbonyl (C=O) groups excluding carboxylic acids is 1. The summed E-state index contributed by atoms with van der Waals surface area (Å²) in [6, 6.07) is 8.37. The summed E-state index contributed by atoms with van der Waals surface area (Å²) in [6.45, 7) is 4.19. The monoisotopic (exact) mass is 189 g/mol. The number of β-lactam (4-membered cyclic amide) rings is 1. The molecule has 2 rings (SSSR count). The molecular formula is C12H15NO. The Bertz CT molecular complexity index is 362. The molecule has 2 heteroatoms. The maximum absolute atomic E-state index is 11.0. The van der Waals surface area contributed by atoms with Gasteiger partial charge < -0.3 is 5.32 Å². The molecule has 1 saturated heterocycles. The molecule has 1 unspecified atom stereocenters. The lowest BCUT2D eigenvalue weighted by atomic mass is 9.78. The van der Waals surface area contributed by atoms with Crippen molar-refractivity contribution in [2.75, 3.05) is 0 Å². The first-order chi connectivity index (χ1) is 6.66. The highest BCUT2D eigenvalue weighted by molar-refractivity contribution is 5.85. The Morgan fingerprint density at radius 3 is 2.71 bits per heavy atom. The van der Waals surface area contributed by atoms with E-state index in [4.69, 9.17) is 0 Å². The van der Waals surface area contributed by atoms with Crippen molar-refractivity contribution < 1.29 is 4.79 Å². The predicted molar refractivity (Wildman–Crippen MR) is 55.9 cm³/mol. The van der Waals surface area contributed by atoms with E-state index in [-0.39, 0.29) is 11.4 Å². The molecule has 0 aliphatic carbocycles. The van der Waals surface area contributed by atoms with Crippen molar-refractivity contribution in [3.05, 3.63) is 35.4 Å². The molecule has 0 aromatic heterocycles. The molecule has 1 aliphatic rings. The molecule has 14 heavy (non-hydrogen) atoms. The van der Waals surface area contributed by atoms with E-state index < -0.39 is 0 Å². The molecule has 2 nitrogen and oxygen atoms in total. The van der Waals surface area contributed by atoms with Gasteiger partial charge in [-0.15, -0.1) is 0 Å². The molecule has 74 valence electrons. The maximum Gasteiger partial charge on any atom is 0.223 e. The second kappa shape index (κ2) is 3.12. The number of amides is 1. The van der Waals surface area contributed by atoms with Crippen LogP contribution in [0.15, 0.2) is 24.3 Å². The molecule has 1 heterocycles. The molecule has 0 saturated carbocycles. The third-order valence-corrected chi connectivity index (χ3v) is 3.02. The summed E-state index contributed by atoms with van der Waals surface area (Å²) in [7, 11) is 0. The van der Waals surface area contributed by atoms with Crippen molar-refractivity contribution in [1.29, 1.82) is 0 Å². The lowest BCUT2D eigenvalue weighted by molar-refractivity contribution is -0.133. The zero-order chi connectivity index (χ0) is 10.2. The van der Waals surface area contributed by atoms with Gasteiger partial charge in [0.15, 0.2) is 0 Å². The Labute approximate surface area is 84.3 Å². The quantitative estimate of drug-likeness (QED) is 0.709. The molecule has 1 N–H and O–H groups in total. The van der Waals surface area contributed by atoms with Crippen LogP contribution in [0.3, 0.4) is 0 Å². The van der Waals surface area contributed by atoms with E-state index in [0.29, 0.717) is 6.42 Å². The summed E-state index contributed by atoms with van der Waals surface area (Å²) in [5, 5.41) is 3.01. The first-order valence-corrected chi connectivity index (χ1v) is 5.04. The third-order valence-electron chi connectivity index (χ3n) is 3.02. The fourth-order valence-corrected chi connectivity index (χ4v) is 2.06. The summed E-state index contributed by atoms with van der Waals surface area (Å²) < 4.78 is 0. The van der Waals surface area contributed by atoms with Crippen LogP contribution < -0.4 is 5.32 Å². The number of aryl methyl sites for hydroxylation is 1. The van der Waals surface area contributed by atoms with Gasteiger partial charge >= 0.3 is 0 Å². The van der Waals surface area contributed by atoms with Crippen LogP contribution in [0.2, 0.25) is 0 Å². The Balaban J connectivity index is 2.33. The maximum atomic E-state index is 11.0. The number of rotatable bonds is 2. The van der Waals surface area contributed by atoms with Gasteiger partial charge in [-0.25, -0.2) is 0 Å². The largest absolute Gasteiger partial charge is 0.346 e. The van der Waals surface area contributed by atoms with E-state index in [2.05, 4.69) is 37.4 Å². The van der Waals surface area contributed by atoms with Crippen molar-refractivity contribution in [2.24, 2.45) is 0 Å². The molecule has 1 atom stereocenters. The number of nitrogens with one attached hydrogen (secondary N) is 1. The summed E-state index contributed by atoms with van der Waals surface area (Å²) in [5.41, 5.74) is 2.40. The summed E-state index contributed by atoms with van der Waals surface area (Å²) in [5.74, 6) is 0.161. The van der Waals surface area contributed by atoms with Gasteiger partial charge in [0.1, 0.15) is 0 Å². The minimum absolute atomic E-state index is 0.0803. The van der Waals surface area contributed by atoms with Gasteiger partial charge in [-0.2, -0.15) is 0 Å². The van der Waals surface area contributed by atoms with Crippen LogP contribution in [0.1, 0.15) is 30.9 Å². The minimum Gasteiger partial charge on any atom is -0.346 e. The standard InChI is InChI=1S/C12H15NO/c1-3-12(8-11(14)13-12)10-6-4-5-9(2)7-10/h4-7H,3,8H2,1-2H3,(H,13,14). The van der Waals surface area contributed by atoms with Gasteiger partial charge in [-0.3, -0.25) is 4.79 Å². The van der Waals surface area contributed by atoms with Gasteiger partial charge in [-0.05, 0) is 18.9 Å². The lowest BCUT2D eigenvalue weighted by Gasteiger charge is -2.42. The van der Waals surface area contributed by atoms with Gasteiger partial charge in [0.25, 0.3) is 0 Å². The predicted octanol–water partition coefficient (Wildman–Crippen LogP) is 2.12. The average molecular weight is 189 g/mol. The molecule has 0 spiro atoms. The minimum atomic E-state index is -0.0803. The summed E-state index contributed by atoms with van der Waals surface area (Å²) in [6.07, 6.45) is 1.59. The lowest BCUT2D eigenvalue weighted by Crippen LogP contribution is -2.57. The van der Waals surface area contributed by atoms with Crippen LogP contribution >= 0.6 is 0 Å². The van der Waals surface area contributed by atoms with Gasteiger partial charge in [0.2, 0.25) is 5.91 Å². The molecule has 1 aliphatic heterocycles. The van der Waals surface area contributed by atoms with Crippen LogP contribution in [0.4, 0.5) is 0 Å². The first-order valence-electron chi connectivity index (χ1n) is 5.04. The highest BCUT2D eigenvalue weighted by Crippen LogP contribution is 2.35. The van der Waals surface area contributed by atoms with Crippen molar-refractivity contribution in [3.63, 3.8) is 0 Å². The number of carbonyl (C=O) groups is 1. The van der Waals surface area contributed by atoms with Crippen LogP contribution in [-0.4, -0.2) is 5.91 Å². The van der Waals surface area contributed by atoms with Crippen LogP contribution in [0.25, 0.3) is 0 Å². The van der Waals surface area contributed by atoms with E-state index >= 15 is 0 Å². The Morgan fingerprint density at radius 1 is 1.50 bits per heavy atom. The van der Waals surface area contributed by atoms with E-state index in [1.54, 1.807) is 0 Å². The van der Waals surface area contributed by atoms with Gasteiger partial charge in [-0.1, -0.05) is 36.8 Å². The van der Waals surface area contributed by atoms with Crippen LogP contribution in [0, 0.1) is 6.92 Å². The first kappa shape index (κ1) is 9.25. The zero-order valence-corrected chi connectivity index (χ0v) is 8.63. The Kier molecular flexibility index (Phi) is 2.06. The molecule has 1 fully saturated rings. The Morgan fingerprint density at radius 2 is 2.21 bits per heavy atom. The fraction of sp³-hybridized carbons (Fsp3) is 0.417. The van der Waals surface area contributed by atoms with E-state index in [1.807, 2.05) is 6.07 Å². The molecule has 1 aromatic rings. The SMILES string of the molecule is CCC1(c2cccc(C)c2)CC(=O)N1. The molecule has 1 aromatic carbocycles. The number of benzene rings is 1. The normalized spacial score (nSPS) is 25.4. The third kappa shape index (κ3) is 1.31. The topological polar surface area (TPSA) is 29.1 Å². The van der Waals surface area contributed by atoms with Crippen molar-refractivity contribution in [3.8, 4) is 0 Å². The molecule has 0 bridgehead atoms. The fourth-order valence-electron chi connectivity index (χ4n) is 2.06. The number of hydrogen-bond acceptors (Lipinski definition) is 1. The van der Waals surface area contributed by atoms with Crippen LogP contribution in [0.5, 0.6) is 0 Å². The highest BCUT2D eigenvalue weighted by atomic mass is 16.2. The van der Waals surface area contributed by atoms with E-state index in [1.165, 1.54) is 11.1 Å². The van der Waals surface area contributed by atoms with Crippen molar-refractivity contribution in [2.45, 2.75) is 32.2 Å². The van der Waals surface area contributed by atoms with E-state index in [9.17, 15) is 4.79 Å². The highest BCUT2D eigenvalue weighted by Gasteiger charge is 2.42. The van der Waals surface area contributed by atoms with Crippen molar-refractivity contribution >= 4 is 5.91 Å². The average Bonchev–Trinajstić information content (AvgIpc) is 2.12. The summed E-state index contributed by atoms with van der Waals surface area (Å²) in [4.78, 5) is 11.0. The van der Waals surface area contributed by atoms with Gasteiger partial charge in [0, 0.05) is 0 Å².